The van der Waals surface area contributed by atoms with Crippen molar-refractivity contribution in [1.82, 2.24) is 20.9 Å². The van der Waals surface area contributed by atoms with Crippen molar-refractivity contribution in [3.8, 4) is 0 Å². The summed E-state index contributed by atoms with van der Waals surface area (Å²) in [5, 5.41) is 9.15. The number of hydrogen-bond acceptors (Lipinski definition) is 5. The Balaban J connectivity index is 1.22. The lowest BCUT2D eigenvalue weighted by molar-refractivity contribution is -0.136. The molecule has 1 saturated heterocycles. The summed E-state index contributed by atoms with van der Waals surface area (Å²) in [4.78, 5) is 38.1. The summed E-state index contributed by atoms with van der Waals surface area (Å²) in [6.45, 7) is 3.72. The van der Waals surface area contributed by atoms with Crippen LogP contribution in [-0.4, -0.2) is 28.7 Å². The van der Waals surface area contributed by atoms with E-state index in [0.29, 0.717) is 25.1 Å². The van der Waals surface area contributed by atoms with Gasteiger partial charge in [-0.05, 0) is 40.3 Å². The minimum atomic E-state index is -0.571. The maximum atomic E-state index is 12.9. The molecule has 1 unspecified atom stereocenters. The van der Waals surface area contributed by atoms with Crippen LogP contribution >= 0.6 is 0 Å². The fraction of sp³-hybridized carbons (Fsp3) is 0.348. The first-order chi connectivity index (χ1) is 14.6. The summed E-state index contributed by atoms with van der Waals surface area (Å²) in [7, 11) is 0. The monoisotopic (exact) mass is 404 g/mol. The molecule has 1 fully saturated rings. The molecule has 7 nitrogen and oxygen atoms in total. The summed E-state index contributed by atoms with van der Waals surface area (Å²) in [5.74, 6) is -0.778. The molecule has 0 radical (unpaired) electrons. The molecule has 2 aromatic carbocycles. The van der Waals surface area contributed by atoms with Gasteiger partial charge in [0.2, 0.25) is 11.8 Å². The lowest BCUT2D eigenvalue weighted by Gasteiger charge is -2.29. The van der Waals surface area contributed by atoms with E-state index in [4.69, 9.17) is 0 Å². The zero-order valence-electron chi connectivity index (χ0n) is 16.7. The molecule has 3 N–H and O–H groups in total. The van der Waals surface area contributed by atoms with Crippen LogP contribution in [-0.2, 0) is 42.3 Å². The quantitative estimate of drug-likeness (QED) is 0.655. The maximum absolute atomic E-state index is 12.9. The third-order valence-electron chi connectivity index (χ3n) is 6.15. The highest BCUT2D eigenvalue weighted by molar-refractivity contribution is 6.05. The van der Waals surface area contributed by atoms with Gasteiger partial charge in [-0.25, -0.2) is 0 Å². The van der Waals surface area contributed by atoms with Crippen LogP contribution < -0.4 is 16.0 Å². The molecule has 0 saturated carbocycles. The van der Waals surface area contributed by atoms with E-state index in [1.54, 1.807) is 4.90 Å². The third-order valence-corrected chi connectivity index (χ3v) is 6.15. The number of piperidine rings is 1. The molecule has 3 aliphatic rings. The molecular weight excluding hydrogens is 380 g/mol. The molecule has 0 aliphatic carbocycles. The number of rotatable bonds is 5. The lowest BCUT2D eigenvalue weighted by atomic mass is 10.0. The Hall–Kier alpha value is -3.03. The number of nitrogens with one attached hydrogen (secondary N) is 3. The average molecular weight is 404 g/mol. The zero-order valence-corrected chi connectivity index (χ0v) is 16.7. The van der Waals surface area contributed by atoms with Crippen LogP contribution in [0.15, 0.2) is 36.4 Å². The van der Waals surface area contributed by atoms with E-state index >= 15 is 0 Å². The standard InChI is InChI=1S/C23H24N4O3/c28-21-6-5-20(22(29)26-21)27-13-17-4-2-15(8-19(17)23(27)30)10-24-9-14-1-3-16-11-25-12-18(16)7-14/h1-4,7-8,20,24-25H,5-6,9-13H2,(H,26,28,29). The Bertz CT molecular complexity index is 1050. The van der Waals surface area contributed by atoms with Crippen LogP contribution in [0, 0.1) is 0 Å². The van der Waals surface area contributed by atoms with E-state index in [2.05, 4.69) is 34.1 Å². The van der Waals surface area contributed by atoms with E-state index in [-0.39, 0.29) is 24.1 Å². The molecule has 0 bridgehead atoms. The summed E-state index contributed by atoms with van der Waals surface area (Å²) < 4.78 is 0. The highest BCUT2D eigenvalue weighted by Gasteiger charge is 2.39. The van der Waals surface area contributed by atoms with Gasteiger partial charge in [-0.3, -0.25) is 19.7 Å². The summed E-state index contributed by atoms with van der Waals surface area (Å²) in [5.41, 5.74) is 6.61. The van der Waals surface area contributed by atoms with E-state index < -0.39 is 6.04 Å². The Morgan fingerprint density at radius 1 is 0.933 bits per heavy atom. The van der Waals surface area contributed by atoms with Gasteiger partial charge in [-0.1, -0.05) is 30.3 Å². The summed E-state index contributed by atoms with van der Waals surface area (Å²) in [6.07, 6.45) is 0.652. The van der Waals surface area contributed by atoms with Crippen molar-refractivity contribution >= 4 is 17.7 Å². The number of carbonyl (C=O) groups is 3. The number of amides is 3. The SMILES string of the molecule is O=C1CCC(N2Cc3ccc(CNCc4ccc5c(c4)CNC5)cc3C2=O)C(=O)N1. The Morgan fingerprint density at radius 3 is 2.47 bits per heavy atom. The normalized spacial score (nSPS) is 20.3. The van der Waals surface area contributed by atoms with Crippen LogP contribution in [0.2, 0.25) is 0 Å². The van der Waals surface area contributed by atoms with Crippen molar-refractivity contribution in [3.05, 3.63) is 69.8 Å². The first kappa shape index (κ1) is 19.0. The van der Waals surface area contributed by atoms with Crippen LogP contribution in [0.3, 0.4) is 0 Å². The summed E-state index contributed by atoms with van der Waals surface area (Å²) in [6, 6.07) is 11.9. The molecular formula is C23H24N4O3. The molecule has 1 atom stereocenters. The van der Waals surface area contributed by atoms with Gasteiger partial charge in [0, 0.05) is 44.7 Å². The number of hydrogen-bond donors (Lipinski definition) is 3. The fourth-order valence-electron chi connectivity index (χ4n) is 4.52. The van der Waals surface area contributed by atoms with Crippen molar-refractivity contribution in [2.75, 3.05) is 0 Å². The predicted octanol–water partition coefficient (Wildman–Crippen LogP) is 1.34. The van der Waals surface area contributed by atoms with Crippen LogP contribution in [0.1, 0.15) is 51.0 Å². The second kappa shape index (κ2) is 7.66. The van der Waals surface area contributed by atoms with Crippen molar-refractivity contribution in [1.29, 1.82) is 0 Å². The largest absolute Gasteiger partial charge is 0.322 e. The van der Waals surface area contributed by atoms with Gasteiger partial charge in [0.05, 0.1) is 0 Å². The highest BCUT2D eigenvalue weighted by Crippen LogP contribution is 2.28. The second-order valence-corrected chi connectivity index (χ2v) is 8.20. The van der Waals surface area contributed by atoms with Gasteiger partial charge in [0.25, 0.3) is 5.91 Å². The van der Waals surface area contributed by atoms with Crippen LogP contribution in [0.25, 0.3) is 0 Å². The summed E-state index contributed by atoms with van der Waals surface area (Å²) >= 11 is 0. The number of fused-ring (bicyclic) bond motifs is 2. The second-order valence-electron chi connectivity index (χ2n) is 8.20. The first-order valence-electron chi connectivity index (χ1n) is 10.4. The fourth-order valence-corrected chi connectivity index (χ4v) is 4.52. The third kappa shape index (κ3) is 3.51. The average Bonchev–Trinajstić information content (AvgIpc) is 3.32. The van der Waals surface area contributed by atoms with Gasteiger partial charge >= 0.3 is 0 Å². The lowest BCUT2D eigenvalue weighted by Crippen LogP contribution is -2.52. The van der Waals surface area contributed by atoms with E-state index in [9.17, 15) is 14.4 Å². The molecule has 5 rings (SSSR count). The smallest absolute Gasteiger partial charge is 0.255 e. The molecule has 154 valence electrons. The Labute approximate surface area is 174 Å². The molecule has 3 amide bonds. The van der Waals surface area contributed by atoms with E-state index in [0.717, 1.165) is 30.8 Å². The van der Waals surface area contributed by atoms with E-state index in [1.165, 1.54) is 16.7 Å². The molecule has 0 aromatic heterocycles. The van der Waals surface area contributed by atoms with Gasteiger partial charge in [0.1, 0.15) is 6.04 Å². The van der Waals surface area contributed by atoms with Gasteiger partial charge in [-0.15, -0.1) is 0 Å². The minimum absolute atomic E-state index is 0.132. The molecule has 0 spiro atoms. The van der Waals surface area contributed by atoms with Crippen molar-refractivity contribution in [2.45, 2.75) is 51.6 Å². The van der Waals surface area contributed by atoms with Gasteiger partial charge in [0.15, 0.2) is 0 Å². The van der Waals surface area contributed by atoms with Crippen molar-refractivity contribution in [3.63, 3.8) is 0 Å². The highest BCUT2D eigenvalue weighted by atomic mass is 16.2. The number of benzene rings is 2. The number of nitrogens with zero attached hydrogens (tertiary/aromatic N) is 1. The number of imide groups is 1. The van der Waals surface area contributed by atoms with Gasteiger partial charge < -0.3 is 15.5 Å². The minimum Gasteiger partial charge on any atom is -0.322 e. The molecule has 3 aliphatic heterocycles. The molecule has 7 heteroatoms. The zero-order chi connectivity index (χ0) is 20.7. The predicted molar refractivity (Wildman–Crippen MR) is 110 cm³/mol. The van der Waals surface area contributed by atoms with Crippen LogP contribution in [0.4, 0.5) is 0 Å². The molecule has 3 heterocycles. The van der Waals surface area contributed by atoms with Gasteiger partial charge in [-0.2, -0.15) is 0 Å². The van der Waals surface area contributed by atoms with Crippen molar-refractivity contribution < 1.29 is 14.4 Å². The molecule has 30 heavy (non-hydrogen) atoms. The first-order valence-corrected chi connectivity index (χ1v) is 10.4. The van der Waals surface area contributed by atoms with Crippen LogP contribution in [0.5, 0.6) is 0 Å². The maximum Gasteiger partial charge on any atom is 0.255 e. The van der Waals surface area contributed by atoms with E-state index in [1.807, 2.05) is 18.2 Å². The molecule has 2 aromatic rings. The van der Waals surface area contributed by atoms with Crippen molar-refractivity contribution in [2.24, 2.45) is 0 Å². The Kier molecular flexibility index (Phi) is 4.84. The Morgan fingerprint density at radius 2 is 1.67 bits per heavy atom. The topological polar surface area (TPSA) is 90.5 Å². The number of carbonyl (C=O) groups excluding carboxylic acids is 3.